The van der Waals surface area contributed by atoms with Crippen LogP contribution in [0.4, 0.5) is 4.79 Å². The second-order valence-electron chi connectivity index (χ2n) is 5.43. The van der Waals surface area contributed by atoms with Gasteiger partial charge in [0.25, 0.3) is 10.0 Å². The van der Waals surface area contributed by atoms with Gasteiger partial charge in [-0.2, -0.15) is 4.31 Å². The van der Waals surface area contributed by atoms with Gasteiger partial charge in [0.05, 0.1) is 4.90 Å². The molecule has 0 aliphatic carbocycles. The summed E-state index contributed by atoms with van der Waals surface area (Å²) in [6, 6.07) is 5.67. The highest BCUT2D eigenvalue weighted by Gasteiger charge is 2.48. The number of benzene rings is 1. The molecule has 114 valence electrons. The Morgan fingerprint density at radius 3 is 2.33 bits per heavy atom. The highest BCUT2D eigenvalue weighted by atomic mass is 32.2. The van der Waals surface area contributed by atoms with Crippen molar-refractivity contribution in [1.82, 2.24) is 4.31 Å². The van der Waals surface area contributed by atoms with E-state index in [2.05, 4.69) is 6.58 Å². The summed E-state index contributed by atoms with van der Waals surface area (Å²) < 4.78 is 31.3. The van der Waals surface area contributed by atoms with Crippen molar-refractivity contribution in [3.05, 3.63) is 42.5 Å². The molecule has 1 heterocycles. The highest BCUT2D eigenvalue weighted by Crippen LogP contribution is 2.31. The first-order chi connectivity index (χ1) is 9.78. The fourth-order valence-electron chi connectivity index (χ4n) is 2.34. The lowest BCUT2D eigenvalue weighted by Gasteiger charge is -2.22. The normalized spacial score (nSPS) is 22.5. The zero-order valence-electron chi connectivity index (χ0n) is 12.3. The number of nitrogens with zero attached hydrogens (tertiary/aromatic N) is 1. The maximum atomic E-state index is 12.7. The van der Waals surface area contributed by atoms with Crippen molar-refractivity contribution < 1.29 is 17.9 Å². The van der Waals surface area contributed by atoms with E-state index in [4.69, 9.17) is 4.74 Å². The van der Waals surface area contributed by atoms with Gasteiger partial charge in [-0.3, -0.25) is 0 Å². The van der Waals surface area contributed by atoms with Gasteiger partial charge in [-0.25, -0.2) is 13.2 Å². The maximum Gasteiger partial charge on any atom is 0.424 e. The molecule has 1 saturated heterocycles. The molecule has 21 heavy (non-hydrogen) atoms. The molecule has 0 saturated carbocycles. The molecule has 5 nitrogen and oxygen atoms in total. The number of amides is 1. The van der Waals surface area contributed by atoms with Crippen LogP contribution >= 0.6 is 0 Å². The van der Waals surface area contributed by atoms with Crippen LogP contribution in [0.25, 0.3) is 0 Å². The Labute approximate surface area is 125 Å². The van der Waals surface area contributed by atoms with Crippen LogP contribution in [-0.4, -0.2) is 31.0 Å². The summed E-state index contributed by atoms with van der Waals surface area (Å²) in [5.74, 6) is -0.00447. The minimum atomic E-state index is -3.94. The third kappa shape index (κ3) is 2.68. The molecule has 0 bridgehead atoms. The molecule has 1 fully saturated rings. The van der Waals surface area contributed by atoms with Gasteiger partial charge in [0.1, 0.15) is 12.1 Å². The molecule has 0 radical (unpaired) electrons. The van der Waals surface area contributed by atoms with Gasteiger partial charge < -0.3 is 4.74 Å². The predicted octanol–water partition coefficient (Wildman–Crippen LogP) is 2.72. The summed E-state index contributed by atoms with van der Waals surface area (Å²) in [5.41, 5.74) is 0.943. The van der Waals surface area contributed by atoms with Crippen molar-refractivity contribution >= 4 is 16.1 Å². The van der Waals surface area contributed by atoms with Crippen molar-refractivity contribution in [1.29, 1.82) is 0 Å². The summed E-state index contributed by atoms with van der Waals surface area (Å²) in [6.45, 7) is 9.25. The Hall–Kier alpha value is -1.82. The van der Waals surface area contributed by atoms with Gasteiger partial charge >= 0.3 is 6.09 Å². The fraction of sp³-hybridized carbons (Fsp3) is 0.400. The number of sulfonamides is 1. The van der Waals surface area contributed by atoms with E-state index in [9.17, 15) is 13.2 Å². The zero-order chi connectivity index (χ0) is 15.8. The standard InChI is InChI=1S/C15H19NO4S/c1-5-13-14(10(2)3)20-15(17)16(13)21(18,19)12-8-6-11(4)7-9-12/h5-10,13-14H,1H2,2-4H3/t13-,14-/m1/s1. The number of rotatable bonds is 4. The highest BCUT2D eigenvalue weighted by molar-refractivity contribution is 7.89. The molecule has 2 atom stereocenters. The molecule has 6 heteroatoms. The molecule has 1 amide bonds. The number of carbonyl (C=O) groups excluding carboxylic acids is 1. The largest absolute Gasteiger partial charge is 0.442 e. The number of hydrogen-bond donors (Lipinski definition) is 0. The molecular weight excluding hydrogens is 290 g/mol. The third-order valence-electron chi connectivity index (χ3n) is 3.50. The van der Waals surface area contributed by atoms with E-state index in [0.29, 0.717) is 0 Å². The molecule has 0 aromatic heterocycles. The first kappa shape index (κ1) is 15.6. The summed E-state index contributed by atoms with van der Waals surface area (Å²) in [4.78, 5) is 12.1. The van der Waals surface area contributed by atoms with Gasteiger partial charge in [-0.1, -0.05) is 37.6 Å². The minimum absolute atomic E-state index is 0.00447. The molecule has 0 unspecified atom stereocenters. The molecule has 1 aliphatic rings. The van der Waals surface area contributed by atoms with Crippen LogP contribution in [0.5, 0.6) is 0 Å². The Morgan fingerprint density at radius 1 is 1.29 bits per heavy atom. The lowest BCUT2D eigenvalue weighted by molar-refractivity contribution is 0.108. The van der Waals surface area contributed by atoms with E-state index in [1.165, 1.54) is 18.2 Å². The van der Waals surface area contributed by atoms with Gasteiger partial charge in [-0.15, -0.1) is 6.58 Å². The monoisotopic (exact) mass is 309 g/mol. The zero-order valence-corrected chi connectivity index (χ0v) is 13.1. The average Bonchev–Trinajstić information content (AvgIpc) is 2.76. The minimum Gasteiger partial charge on any atom is -0.442 e. The Morgan fingerprint density at radius 2 is 1.86 bits per heavy atom. The third-order valence-corrected chi connectivity index (χ3v) is 5.28. The number of hydrogen-bond acceptors (Lipinski definition) is 4. The first-order valence-corrected chi connectivity index (χ1v) is 8.17. The predicted molar refractivity (Wildman–Crippen MR) is 79.3 cm³/mol. The van der Waals surface area contributed by atoms with E-state index in [-0.39, 0.29) is 10.8 Å². The Balaban J connectivity index is 2.45. The smallest absolute Gasteiger partial charge is 0.424 e. The van der Waals surface area contributed by atoms with Crippen LogP contribution in [0.15, 0.2) is 41.8 Å². The van der Waals surface area contributed by atoms with Crippen LogP contribution in [0.2, 0.25) is 0 Å². The van der Waals surface area contributed by atoms with Crippen LogP contribution in [0, 0.1) is 12.8 Å². The van der Waals surface area contributed by atoms with E-state index in [0.717, 1.165) is 9.87 Å². The van der Waals surface area contributed by atoms with E-state index >= 15 is 0 Å². The molecule has 1 aliphatic heterocycles. The fourth-order valence-corrected chi connectivity index (χ4v) is 3.81. The molecule has 1 aromatic carbocycles. The molecule has 0 spiro atoms. The lowest BCUT2D eigenvalue weighted by Crippen LogP contribution is -2.41. The van der Waals surface area contributed by atoms with Gasteiger partial charge in [0.2, 0.25) is 0 Å². The van der Waals surface area contributed by atoms with Crippen LogP contribution in [0.1, 0.15) is 19.4 Å². The number of carbonyl (C=O) groups is 1. The van der Waals surface area contributed by atoms with Gasteiger partial charge in [0, 0.05) is 0 Å². The van der Waals surface area contributed by atoms with E-state index < -0.39 is 28.3 Å². The van der Waals surface area contributed by atoms with E-state index in [1.807, 2.05) is 20.8 Å². The Bertz CT molecular complexity index is 649. The Kier molecular flexibility index (Phi) is 4.09. The van der Waals surface area contributed by atoms with Crippen molar-refractivity contribution in [2.45, 2.75) is 37.8 Å². The quantitative estimate of drug-likeness (QED) is 0.802. The van der Waals surface area contributed by atoms with Crippen LogP contribution in [0.3, 0.4) is 0 Å². The average molecular weight is 309 g/mol. The molecule has 0 N–H and O–H groups in total. The summed E-state index contributed by atoms with van der Waals surface area (Å²) >= 11 is 0. The lowest BCUT2D eigenvalue weighted by atomic mass is 10.0. The van der Waals surface area contributed by atoms with Crippen molar-refractivity contribution in [2.75, 3.05) is 0 Å². The summed E-state index contributed by atoms with van der Waals surface area (Å²) in [5, 5.41) is 0. The number of cyclic esters (lactones) is 1. The number of aryl methyl sites for hydroxylation is 1. The SMILES string of the molecule is C=C[C@@H]1[C@@H](C(C)C)OC(=O)N1S(=O)(=O)c1ccc(C)cc1. The molecular formula is C15H19NO4S. The first-order valence-electron chi connectivity index (χ1n) is 6.73. The molecule has 2 rings (SSSR count). The van der Waals surface area contributed by atoms with Crippen LogP contribution < -0.4 is 0 Å². The van der Waals surface area contributed by atoms with Crippen molar-refractivity contribution in [2.24, 2.45) is 5.92 Å². The van der Waals surface area contributed by atoms with Gasteiger partial charge in [0.15, 0.2) is 0 Å². The summed E-state index contributed by atoms with van der Waals surface area (Å²) in [7, 11) is -3.94. The second-order valence-corrected chi connectivity index (χ2v) is 7.25. The van der Waals surface area contributed by atoms with E-state index in [1.54, 1.807) is 12.1 Å². The second kappa shape index (κ2) is 5.52. The van der Waals surface area contributed by atoms with Crippen molar-refractivity contribution in [3.63, 3.8) is 0 Å². The topological polar surface area (TPSA) is 63.7 Å². The molecule has 1 aromatic rings. The van der Waals surface area contributed by atoms with Gasteiger partial charge in [-0.05, 0) is 25.0 Å². The maximum absolute atomic E-state index is 12.7. The number of ether oxygens (including phenoxy) is 1. The van der Waals surface area contributed by atoms with Crippen LogP contribution in [-0.2, 0) is 14.8 Å². The van der Waals surface area contributed by atoms with Crippen molar-refractivity contribution in [3.8, 4) is 0 Å². The summed E-state index contributed by atoms with van der Waals surface area (Å²) in [6.07, 6.45) is 0.0794.